The van der Waals surface area contributed by atoms with E-state index in [0.29, 0.717) is 23.5 Å². The summed E-state index contributed by atoms with van der Waals surface area (Å²) in [6.07, 6.45) is 1.79. The van der Waals surface area contributed by atoms with E-state index < -0.39 is 0 Å². The van der Waals surface area contributed by atoms with E-state index in [1.807, 2.05) is 18.2 Å². The number of pyridine rings is 1. The molecule has 0 aliphatic carbocycles. The van der Waals surface area contributed by atoms with E-state index >= 15 is 0 Å². The first kappa shape index (κ1) is 18.3. The number of rotatable bonds is 6. The zero-order valence-corrected chi connectivity index (χ0v) is 15.7. The van der Waals surface area contributed by atoms with E-state index in [9.17, 15) is 9.59 Å². The number of carbonyl (C=O) groups excluding carboxylic acids is 2. The number of thioether (sulfide) groups is 1. The summed E-state index contributed by atoms with van der Waals surface area (Å²) in [4.78, 5) is 31.5. The minimum Gasteiger partial charge on any atom is -0.357 e. The molecule has 0 radical (unpaired) electrons. The number of nitrogens with zero attached hydrogens (tertiary/aromatic N) is 2. The third kappa shape index (κ3) is 4.16. The highest BCUT2D eigenvalue weighted by atomic mass is 32.2. The lowest BCUT2D eigenvalue weighted by Crippen LogP contribution is -2.25. The number of aromatic nitrogens is 1. The number of carbonyl (C=O) groups is 2. The highest BCUT2D eigenvalue weighted by molar-refractivity contribution is 8.00. The smallest absolute Gasteiger partial charge is 0.251 e. The third-order valence-electron chi connectivity index (χ3n) is 4.22. The monoisotopic (exact) mass is 370 g/mol. The molecule has 0 atom stereocenters. The molecule has 0 spiro atoms. The van der Waals surface area contributed by atoms with Crippen molar-refractivity contribution in [3.05, 3.63) is 47.7 Å². The Morgan fingerprint density at radius 3 is 2.77 bits per heavy atom. The number of hydrogen-bond donors (Lipinski definition) is 2. The first-order valence-electron chi connectivity index (χ1n) is 8.65. The molecule has 0 saturated carbocycles. The normalized spacial score (nSPS) is 12.9. The van der Waals surface area contributed by atoms with Crippen LogP contribution in [0.25, 0.3) is 0 Å². The number of nitrogens with one attached hydrogen (secondary N) is 2. The van der Waals surface area contributed by atoms with Crippen molar-refractivity contribution in [2.75, 3.05) is 29.1 Å². The van der Waals surface area contributed by atoms with Crippen molar-refractivity contribution in [3.8, 4) is 0 Å². The summed E-state index contributed by atoms with van der Waals surface area (Å²) in [7, 11) is 0. The van der Waals surface area contributed by atoms with Gasteiger partial charge in [-0.25, -0.2) is 4.98 Å². The Morgan fingerprint density at radius 2 is 2.08 bits per heavy atom. The summed E-state index contributed by atoms with van der Waals surface area (Å²) in [5.41, 5.74) is 2.17. The minimum atomic E-state index is -0.176. The van der Waals surface area contributed by atoms with Crippen molar-refractivity contribution in [2.45, 2.75) is 25.3 Å². The molecule has 1 aliphatic rings. The van der Waals surface area contributed by atoms with Gasteiger partial charge < -0.3 is 15.5 Å². The van der Waals surface area contributed by atoms with Gasteiger partial charge in [-0.3, -0.25) is 9.59 Å². The van der Waals surface area contributed by atoms with Gasteiger partial charge in [0.15, 0.2) is 0 Å². The molecular formula is C19H22N4O2S. The number of anilines is 2. The van der Waals surface area contributed by atoms with Crippen LogP contribution >= 0.6 is 11.8 Å². The van der Waals surface area contributed by atoms with Gasteiger partial charge in [-0.05, 0) is 43.7 Å². The van der Waals surface area contributed by atoms with E-state index in [4.69, 9.17) is 0 Å². The molecule has 2 amide bonds. The second-order valence-corrected chi connectivity index (χ2v) is 6.94. The van der Waals surface area contributed by atoms with Gasteiger partial charge in [0.1, 0.15) is 5.82 Å². The molecule has 0 saturated heterocycles. The number of benzene rings is 1. The Labute approximate surface area is 157 Å². The second-order valence-electron chi connectivity index (χ2n) is 5.93. The molecular weight excluding hydrogens is 348 g/mol. The van der Waals surface area contributed by atoms with E-state index in [-0.39, 0.29) is 11.8 Å². The molecule has 1 aliphatic heterocycles. The van der Waals surface area contributed by atoms with Crippen LogP contribution in [-0.2, 0) is 11.3 Å². The van der Waals surface area contributed by atoms with Gasteiger partial charge in [-0.1, -0.05) is 6.07 Å². The lowest BCUT2D eigenvalue weighted by atomic mass is 10.1. The van der Waals surface area contributed by atoms with Crippen molar-refractivity contribution in [1.29, 1.82) is 0 Å². The first-order chi connectivity index (χ1) is 12.6. The number of fused-ring (bicyclic) bond motifs is 1. The van der Waals surface area contributed by atoms with Gasteiger partial charge in [-0.15, -0.1) is 11.8 Å². The zero-order chi connectivity index (χ0) is 18.5. The third-order valence-corrected chi connectivity index (χ3v) is 5.30. The van der Waals surface area contributed by atoms with Gasteiger partial charge in [0.25, 0.3) is 5.91 Å². The molecule has 2 N–H and O–H groups in total. The SMILES string of the molecule is CCN(CC)c1ccc(CNC(=O)c2ccc3c(c2)NC(=O)CS3)cn1. The van der Waals surface area contributed by atoms with Crippen LogP contribution in [0.3, 0.4) is 0 Å². The molecule has 0 bridgehead atoms. The summed E-state index contributed by atoms with van der Waals surface area (Å²) >= 11 is 1.48. The Hall–Kier alpha value is -2.54. The predicted molar refractivity (Wildman–Crippen MR) is 105 cm³/mol. The van der Waals surface area contributed by atoms with Crippen LogP contribution < -0.4 is 15.5 Å². The Kier molecular flexibility index (Phi) is 5.78. The zero-order valence-electron chi connectivity index (χ0n) is 14.9. The summed E-state index contributed by atoms with van der Waals surface area (Å²) in [6, 6.07) is 9.32. The molecule has 3 rings (SSSR count). The Morgan fingerprint density at radius 1 is 1.27 bits per heavy atom. The van der Waals surface area contributed by atoms with Crippen LogP contribution in [0, 0.1) is 0 Å². The largest absolute Gasteiger partial charge is 0.357 e. The summed E-state index contributed by atoms with van der Waals surface area (Å²) < 4.78 is 0. The van der Waals surface area contributed by atoms with Gasteiger partial charge in [0.2, 0.25) is 5.91 Å². The molecule has 26 heavy (non-hydrogen) atoms. The molecule has 2 heterocycles. The van der Waals surface area contributed by atoms with Crippen LogP contribution in [0.1, 0.15) is 29.8 Å². The molecule has 2 aromatic rings. The Balaban J connectivity index is 1.62. The fourth-order valence-electron chi connectivity index (χ4n) is 2.76. The highest BCUT2D eigenvalue weighted by Crippen LogP contribution is 2.31. The van der Waals surface area contributed by atoms with Crippen LogP contribution in [0.5, 0.6) is 0 Å². The van der Waals surface area contributed by atoms with Crippen molar-refractivity contribution >= 4 is 35.1 Å². The van der Waals surface area contributed by atoms with Crippen molar-refractivity contribution in [1.82, 2.24) is 10.3 Å². The average molecular weight is 370 g/mol. The summed E-state index contributed by atoms with van der Waals surface area (Å²) in [6.45, 7) is 6.42. The first-order valence-corrected chi connectivity index (χ1v) is 9.64. The number of amides is 2. The summed E-state index contributed by atoms with van der Waals surface area (Å²) in [5, 5.41) is 5.70. The van der Waals surface area contributed by atoms with Crippen LogP contribution in [0.2, 0.25) is 0 Å². The molecule has 0 fully saturated rings. The average Bonchev–Trinajstić information content (AvgIpc) is 2.67. The van der Waals surface area contributed by atoms with E-state index in [1.165, 1.54) is 11.8 Å². The molecule has 7 heteroatoms. The van der Waals surface area contributed by atoms with Crippen molar-refractivity contribution in [3.63, 3.8) is 0 Å². The van der Waals surface area contributed by atoms with Gasteiger partial charge in [-0.2, -0.15) is 0 Å². The quantitative estimate of drug-likeness (QED) is 0.818. The molecule has 1 aromatic heterocycles. The van der Waals surface area contributed by atoms with E-state index in [2.05, 4.69) is 34.4 Å². The van der Waals surface area contributed by atoms with E-state index in [1.54, 1.807) is 18.3 Å². The lowest BCUT2D eigenvalue weighted by Gasteiger charge is -2.19. The fraction of sp³-hybridized carbons (Fsp3) is 0.316. The maximum absolute atomic E-state index is 12.4. The number of hydrogen-bond acceptors (Lipinski definition) is 5. The predicted octanol–water partition coefficient (Wildman–Crippen LogP) is 2.90. The topological polar surface area (TPSA) is 74.3 Å². The fourth-order valence-corrected chi connectivity index (χ4v) is 3.55. The Bertz CT molecular complexity index is 804. The van der Waals surface area contributed by atoms with Gasteiger partial charge >= 0.3 is 0 Å². The van der Waals surface area contributed by atoms with Crippen LogP contribution in [0.4, 0.5) is 11.5 Å². The maximum Gasteiger partial charge on any atom is 0.251 e. The summed E-state index contributed by atoms with van der Waals surface area (Å²) in [5.74, 6) is 1.13. The van der Waals surface area contributed by atoms with Crippen LogP contribution in [-0.4, -0.2) is 35.6 Å². The maximum atomic E-state index is 12.4. The highest BCUT2D eigenvalue weighted by Gasteiger charge is 2.17. The molecule has 136 valence electrons. The van der Waals surface area contributed by atoms with Crippen molar-refractivity contribution in [2.24, 2.45) is 0 Å². The molecule has 1 aromatic carbocycles. The van der Waals surface area contributed by atoms with Gasteiger partial charge in [0.05, 0.1) is 11.4 Å². The minimum absolute atomic E-state index is 0.0422. The molecule has 0 unspecified atom stereocenters. The second kappa shape index (κ2) is 8.23. The lowest BCUT2D eigenvalue weighted by molar-refractivity contribution is -0.113. The molecule has 6 nitrogen and oxygen atoms in total. The van der Waals surface area contributed by atoms with Crippen LogP contribution in [0.15, 0.2) is 41.4 Å². The van der Waals surface area contributed by atoms with Gasteiger partial charge in [0, 0.05) is 36.3 Å². The van der Waals surface area contributed by atoms with Crippen molar-refractivity contribution < 1.29 is 9.59 Å². The standard InChI is InChI=1S/C19H22N4O2S/c1-3-23(4-2)17-8-5-13(10-20-17)11-21-19(25)14-6-7-16-15(9-14)22-18(24)12-26-16/h5-10H,3-4,11-12H2,1-2H3,(H,21,25)(H,22,24). The van der Waals surface area contributed by atoms with E-state index in [0.717, 1.165) is 29.4 Å².